The minimum Gasteiger partial charge on any atom is -0.336 e. The molecule has 0 radical (unpaired) electrons. The largest absolute Gasteiger partial charge is 0.336 e. The summed E-state index contributed by atoms with van der Waals surface area (Å²) in [6.07, 6.45) is 3.02. The smallest absolute Gasteiger partial charge is 0.237 e. The minimum atomic E-state index is 0.0386. The standard InChI is InChI=1S/C27H35ClN4O2/c1-20(33)31-15-14-24-12-13-25(32(24)16-21-8-10-23(28)11-9-21)18-30(27(34)19-29(2)3)17-22-6-4-5-7-26(22)31/h4-11,24-25H,12-19H2,1-3H3/t24-,25+/m1/s1. The Bertz CT molecular complexity index is 1010. The van der Waals surface area contributed by atoms with Crippen LogP contribution in [0.3, 0.4) is 0 Å². The molecule has 34 heavy (non-hydrogen) atoms. The monoisotopic (exact) mass is 482 g/mol. The third-order valence-corrected chi connectivity index (χ3v) is 7.25. The molecule has 182 valence electrons. The normalized spacial score (nSPS) is 21.3. The van der Waals surface area contributed by atoms with Crippen molar-refractivity contribution in [1.82, 2.24) is 14.7 Å². The molecule has 2 aromatic rings. The van der Waals surface area contributed by atoms with E-state index in [0.29, 0.717) is 32.2 Å². The quantitative estimate of drug-likeness (QED) is 0.660. The second-order valence-corrected chi connectivity index (χ2v) is 10.2. The molecular weight excluding hydrogens is 448 g/mol. The maximum Gasteiger partial charge on any atom is 0.237 e. The fraction of sp³-hybridized carbons (Fsp3) is 0.481. The second kappa shape index (κ2) is 10.9. The van der Waals surface area contributed by atoms with Gasteiger partial charge in [0.2, 0.25) is 11.8 Å². The number of halogens is 1. The summed E-state index contributed by atoms with van der Waals surface area (Å²) in [4.78, 5) is 34.4. The van der Waals surface area contributed by atoms with Gasteiger partial charge in [-0.25, -0.2) is 0 Å². The number of nitrogens with zero attached hydrogens (tertiary/aromatic N) is 4. The molecule has 0 spiro atoms. The van der Waals surface area contributed by atoms with Crippen LogP contribution in [0.4, 0.5) is 5.69 Å². The van der Waals surface area contributed by atoms with Crippen molar-refractivity contribution in [3.8, 4) is 0 Å². The topological polar surface area (TPSA) is 47.1 Å². The van der Waals surface area contributed by atoms with Crippen molar-refractivity contribution < 1.29 is 9.59 Å². The summed E-state index contributed by atoms with van der Waals surface area (Å²) in [5.41, 5.74) is 3.15. The molecule has 1 fully saturated rings. The van der Waals surface area contributed by atoms with Crippen LogP contribution in [-0.4, -0.2) is 72.3 Å². The molecule has 2 amide bonds. The van der Waals surface area contributed by atoms with E-state index in [9.17, 15) is 9.59 Å². The van der Waals surface area contributed by atoms with E-state index in [1.54, 1.807) is 6.92 Å². The van der Waals surface area contributed by atoms with Crippen LogP contribution in [-0.2, 0) is 22.7 Å². The van der Waals surface area contributed by atoms with Crippen LogP contribution < -0.4 is 4.90 Å². The first-order chi connectivity index (χ1) is 16.3. The highest BCUT2D eigenvalue weighted by Gasteiger charge is 2.36. The summed E-state index contributed by atoms with van der Waals surface area (Å²) in [5.74, 6) is 0.153. The molecule has 6 nitrogen and oxygen atoms in total. The highest BCUT2D eigenvalue weighted by Crippen LogP contribution is 2.32. The van der Waals surface area contributed by atoms with Gasteiger partial charge in [0.15, 0.2) is 0 Å². The molecule has 7 heteroatoms. The van der Waals surface area contributed by atoms with E-state index in [4.69, 9.17) is 11.6 Å². The maximum atomic E-state index is 13.3. The summed E-state index contributed by atoms with van der Waals surface area (Å²) in [6, 6.07) is 16.7. The number of para-hydroxylation sites is 1. The van der Waals surface area contributed by atoms with Gasteiger partial charge in [-0.1, -0.05) is 41.9 Å². The molecule has 0 unspecified atom stereocenters. The van der Waals surface area contributed by atoms with Crippen LogP contribution in [0.5, 0.6) is 0 Å². The number of benzene rings is 2. The Kier molecular flexibility index (Phi) is 7.91. The Hall–Kier alpha value is -2.41. The zero-order valence-electron chi connectivity index (χ0n) is 20.4. The first kappa shape index (κ1) is 24.7. The van der Waals surface area contributed by atoms with E-state index >= 15 is 0 Å². The van der Waals surface area contributed by atoms with E-state index in [-0.39, 0.29) is 17.9 Å². The molecule has 2 atom stereocenters. The Morgan fingerprint density at radius 1 is 1.00 bits per heavy atom. The lowest BCUT2D eigenvalue weighted by atomic mass is 10.1. The zero-order valence-corrected chi connectivity index (χ0v) is 21.2. The molecule has 2 bridgehead atoms. The van der Waals surface area contributed by atoms with E-state index in [2.05, 4.69) is 17.0 Å². The van der Waals surface area contributed by atoms with Crippen molar-refractivity contribution in [2.24, 2.45) is 0 Å². The van der Waals surface area contributed by atoms with Gasteiger partial charge in [-0.15, -0.1) is 0 Å². The fourth-order valence-corrected chi connectivity index (χ4v) is 5.42. The van der Waals surface area contributed by atoms with Crippen LogP contribution >= 0.6 is 11.6 Å². The Morgan fingerprint density at radius 3 is 2.41 bits per heavy atom. The first-order valence-electron chi connectivity index (χ1n) is 12.1. The molecule has 0 aromatic heterocycles. The van der Waals surface area contributed by atoms with Crippen molar-refractivity contribution in [1.29, 1.82) is 0 Å². The molecule has 4 rings (SSSR count). The number of likely N-dealkylation sites (N-methyl/N-ethyl adjacent to an activating group) is 1. The van der Waals surface area contributed by atoms with Gasteiger partial charge in [0.1, 0.15) is 0 Å². The Morgan fingerprint density at radius 2 is 1.71 bits per heavy atom. The molecule has 0 saturated carbocycles. The highest BCUT2D eigenvalue weighted by molar-refractivity contribution is 6.30. The highest BCUT2D eigenvalue weighted by atomic mass is 35.5. The molecule has 2 aromatic carbocycles. The Balaban J connectivity index is 1.69. The van der Waals surface area contributed by atoms with E-state index < -0.39 is 0 Å². The van der Waals surface area contributed by atoms with Gasteiger partial charge in [-0.3, -0.25) is 14.5 Å². The van der Waals surface area contributed by atoms with Crippen molar-refractivity contribution in [2.45, 2.75) is 51.4 Å². The molecule has 2 aliphatic rings. The summed E-state index contributed by atoms with van der Waals surface area (Å²) < 4.78 is 0. The average Bonchev–Trinajstić information content (AvgIpc) is 3.14. The van der Waals surface area contributed by atoms with E-state index in [0.717, 1.165) is 42.1 Å². The van der Waals surface area contributed by atoms with Crippen molar-refractivity contribution in [2.75, 3.05) is 38.6 Å². The van der Waals surface area contributed by atoms with Gasteiger partial charge in [-0.05, 0) is 62.7 Å². The minimum absolute atomic E-state index is 0.0386. The van der Waals surface area contributed by atoms with Crippen molar-refractivity contribution in [3.63, 3.8) is 0 Å². The lowest BCUT2D eigenvalue weighted by Crippen LogP contribution is -2.46. The number of hydrogen-bond acceptors (Lipinski definition) is 4. The van der Waals surface area contributed by atoms with E-state index in [1.165, 1.54) is 5.56 Å². The van der Waals surface area contributed by atoms with Gasteiger partial charge in [0.25, 0.3) is 0 Å². The summed E-state index contributed by atoms with van der Waals surface area (Å²) >= 11 is 6.12. The number of hydrogen-bond donors (Lipinski definition) is 0. The number of carbonyl (C=O) groups is 2. The zero-order chi connectivity index (χ0) is 24.2. The van der Waals surface area contributed by atoms with Crippen LogP contribution in [0.25, 0.3) is 0 Å². The number of rotatable bonds is 4. The fourth-order valence-electron chi connectivity index (χ4n) is 5.30. The predicted molar refractivity (Wildman–Crippen MR) is 137 cm³/mol. The van der Waals surface area contributed by atoms with Gasteiger partial charge < -0.3 is 14.7 Å². The van der Waals surface area contributed by atoms with Crippen LogP contribution in [0.15, 0.2) is 48.5 Å². The SMILES string of the molecule is CC(=O)N1CC[C@H]2CC[C@@H](CN(C(=O)CN(C)C)Cc3ccccc31)N2Cc1ccc(Cl)cc1. The van der Waals surface area contributed by atoms with Gasteiger partial charge in [-0.2, -0.15) is 0 Å². The maximum absolute atomic E-state index is 13.3. The number of carbonyl (C=O) groups excluding carboxylic acids is 2. The summed E-state index contributed by atoms with van der Waals surface area (Å²) in [6.45, 7) is 4.68. The molecule has 2 aliphatic heterocycles. The molecule has 2 heterocycles. The molecule has 1 saturated heterocycles. The Labute approximate surface area is 208 Å². The number of anilines is 1. The van der Waals surface area contributed by atoms with Crippen LogP contribution in [0.1, 0.15) is 37.3 Å². The predicted octanol–water partition coefficient (Wildman–Crippen LogP) is 4.02. The van der Waals surface area contributed by atoms with Gasteiger partial charge >= 0.3 is 0 Å². The first-order valence-corrected chi connectivity index (χ1v) is 12.5. The molecule has 0 aliphatic carbocycles. The number of amides is 2. The lowest BCUT2D eigenvalue weighted by Gasteiger charge is -2.34. The third-order valence-electron chi connectivity index (χ3n) is 6.99. The second-order valence-electron chi connectivity index (χ2n) is 9.78. The number of fused-ring (bicyclic) bond motifs is 3. The average molecular weight is 483 g/mol. The van der Waals surface area contributed by atoms with Crippen molar-refractivity contribution in [3.05, 3.63) is 64.7 Å². The van der Waals surface area contributed by atoms with Gasteiger partial charge in [0, 0.05) is 55.9 Å². The third kappa shape index (κ3) is 5.80. The summed E-state index contributed by atoms with van der Waals surface area (Å²) in [7, 11) is 3.85. The van der Waals surface area contributed by atoms with E-state index in [1.807, 2.05) is 65.2 Å². The van der Waals surface area contributed by atoms with Crippen LogP contribution in [0, 0.1) is 0 Å². The summed E-state index contributed by atoms with van der Waals surface area (Å²) in [5, 5.41) is 0.736. The molecule has 0 N–H and O–H groups in total. The van der Waals surface area contributed by atoms with Crippen molar-refractivity contribution >= 4 is 29.1 Å². The van der Waals surface area contributed by atoms with Crippen LogP contribution in [0.2, 0.25) is 5.02 Å². The van der Waals surface area contributed by atoms with Gasteiger partial charge in [0.05, 0.1) is 6.54 Å². The molecular formula is C27H35ClN4O2. The lowest BCUT2D eigenvalue weighted by molar-refractivity contribution is -0.133.